The molecule has 0 N–H and O–H groups in total. The predicted octanol–water partition coefficient (Wildman–Crippen LogP) is 4.36. The minimum Gasteiger partial charge on any atom is -0.494 e. The summed E-state index contributed by atoms with van der Waals surface area (Å²) >= 11 is 11.8. The number of hydrogen-bond donors (Lipinski definition) is 0. The molecule has 0 aromatic heterocycles. The van der Waals surface area contributed by atoms with Crippen LogP contribution in [-0.2, 0) is 4.74 Å². The Labute approximate surface area is 93.3 Å². The standard InChI is InChI=1S/C11H10Cl2O/c12-9-5-4-8(7-10(9)13)11-3-1-2-6-14-11/h2,4-7,11H,1,3H2. The van der Waals surface area contributed by atoms with E-state index in [2.05, 4.69) is 0 Å². The van der Waals surface area contributed by atoms with Crippen LogP contribution in [-0.4, -0.2) is 0 Å². The second kappa shape index (κ2) is 4.24. The first kappa shape index (κ1) is 9.88. The summed E-state index contributed by atoms with van der Waals surface area (Å²) in [6.07, 6.45) is 5.93. The Morgan fingerprint density at radius 2 is 2.07 bits per heavy atom. The van der Waals surface area contributed by atoms with Crippen LogP contribution in [0.1, 0.15) is 24.5 Å². The maximum Gasteiger partial charge on any atom is 0.123 e. The van der Waals surface area contributed by atoms with E-state index >= 15 is 0 Å². The van der Waals surface area contributed by atoms with Crippen molar-refractivity contribution >= 4 is 23.2 Å². The van der Waals surface area contributed by atoms with Gasteiger partial charge in [0.15, 0.2) is 0 Å². The van der Waals surface area contributed by atoms with Gasteiger partial charge in [-0.1, -0.05) is 29.3 Å². The first-order chi connectivity index (χ1) is 6.77. The Bertz CT molecular complexity index is 360. The molecule has 0 saturated heterocycles. The first-order valence-corrected chi connectivity index (χ1v) is 5.28. The molecule has 0 radical (unpaired) electrons. The summed E-state index contributed by atoms with van der Waals surface area (Å²) in [6.45, 7) is 0. The van der Waals surface area contributed by atoms with Crippen LogP contribution in [0.5, 0.6) is 0 Å². The molecule has 1 nitrogen and oxygen atoms in total. The quantitative estimate of drug-likeness (QED) is 0.695. The summed E-state index contributed by atoms with van der Waals surface area (Å²) in [4.78, 5) is 0. The Balaban J connectivity index is 2.23. The van der Waals surface area contributed by atoms with E-state index < -0.39 is 0 Å². The number of rotatable bonds is 1. The van der Waals surface area contributed by atoms with Gasteiger partial charge in [-0.05, 0) is 36.6 Å². The summed E-state index contributed by atoms with van der Waals surface area (Å²) in [5, 5.41) is 1.17. The molecule has 1 unspecified atom stereocenters. The molecule has 0 fully saturated rings. The second-order valence-corrected chi connectivity index (χ2v) is 4.06. The van der Waals surface area contributed by atoms with Crippen molar-refractivity contribution in [1.29, 1.82) is 0 Å². The van der Waals surface area contributed by atoms with Crippen molar-refractivity contribution in [2.24, 2.45) is 0 Å². The molecule has 0 aliphatic carbocycles. The predicted molar refractivity (Wildman–Crippen MR) is 58.7 cm³/mol. The van der Waals surface area contributed by atoms with E-state index in [0.717, 1.165) is 18.4 Å². The summed E-state index contributed by atoms with van der Waals surface area (Å²) in [5.74, 6) is 0. The number of allylic oxidation sites excluding steroid dienone is 1. The lowest BCUT2D eigenvalue weighted by Gasteiger charge is -2.19. The highest BCUT2D eigenvalue weighted by Gasteiger charge is 2.14. The SMILES string of the molecule is Clc1ccc(C2CCC=CO2)cc1Cl. The second-order valence-electron chi connectivity index (χ2n) is 3.25. The van der Waals surface area contributed by atoms with E-state index in [1.807, 2.05) is 18.2 Å². The van der Waals surface area contributed by atoms with Gasteiger partial charge in [-0.3, -0.25) is 0 Å². The Kier molecular flexibility index (Phi) is 2.99. The van der Waals surface area contributed by atoms with Gasteiger partial charge in [-0.25, -0.2) is 0 Å². The molecular weight excluding hydrogens is 219 g/mol. The average Bonchev–Trinajstić information content (AvgIpc) is 2.23. The fourth-order valence-corrected chi connectivity index (χ4v) is 1.80. The van der Waals surface area contributed by atoms with E-state index in [-0.39, 0.29) is 6.10 Å². The lowest BCUT2D eigenvalue weighted by Crippen LogP contribution is -2.03. The molecule has 1 aliphatic rings. The minimum atomic E-state index is 0.120. The van der Waals surface area contributed by atoms with Gasteiger partial charge in [0, 0.05) is 0 Å². The monoisotopic (exact) mass is 228 g/mol. The number of benzene rings is 1. The van der Waals surface area contributed by atoms with Crippen molar-refractivity contribution in [2.75, 3.05) is 0 Å². The molecule has 1 atom stereocenters. The van der Waals surface area contributed by atoms with Crippen molar-refractivity contribution in [3.05, 3.63) is 46.1 Å². The Morgan fingerprint density at radius 3 is 2.71 bits per heavy atom. The van der Waals surface area contributed by atoms with Gasteiger partial charge in [-0.2, -0.15) is 0 Å². The Hall–Kier alpha value is -0.660. The molecule has 0 spiro atoms. The van der Waals surface area contributed by atoms with Crippen molar-refractivity contribution in [1.82, 2.24) is 0 Å². The topological polar surface area (TPSA) is 9.23 Å². The summed E-state index contributed by atoms with van der Waals surface area (Å²) in [6, 6.07) is 5.63. The summed E-state index contributed by atoms with van der Waals surface area (Å²) < 4.78 is 5.48. The third kappa shape index (κ3) is 2.05. The zero-order valence-electron chi connectivity index (χ0n) is 7.54. The highest BCUT2D eigenvalue weighted by molar-refractivity contribution is 6.42. The zero-order valence-corrected chi connectivity index (χ0v) is 9.05. The summed E-state index contributed by atoms with van der Waals surface area (Å²) in [5.41, 5.74) is 1.09. The largest absolute Gasteiger partial charge is 0.494 e. The number of ether oxygens (including phenoxy) is 1. The van der Waals surface area contributed by atoms with E-state index in [0.29, 0.717) is 10.0 Å². The van der Waals surface area contributed by atoms with Crippen LogP contribution < -0.4 is 0 Å². The van der Waals surface area contributed by atoms with E-state index in [9.17, 15) is 0 Å². The van der Waals surface area contributed by atoms with Crippen LogP contribution in [0.15, 0.2) is 30.5 Å². The van der Waals surface area contributed by atoms with Crippen LogP contribution in [0.3, 0.4) is 0 Å². The third-order valence-electron chi connectivity index (χ3n) is 2.25. The van der Waals surface area contributed by atoms with Gasteiger partial charge >= 0.3 is 0 Å². The molecule has 14 heavy (non-hydrogen) atoms. The maximum absolute atomic E-state index is 5.93. The van der Waals surface area contributed by atoms with Gasteiger partial charge in [0.05, 0.1) is 16.3 Å². The maximum atomic E-state index is 5.93. The van der Waals surface area contributed by atoms with Crippen LogP contribution in [0.2, 0.25) is 10.0 Å². The fraction of sp³-hybridized carbons (Fsp3) is 0.273. The van der Waals surface area contributed by atoms with Crippen molar-refractivity contribution in [2.45, 2.75) is 18.9 Å². The van der Waals surface area contributed by atoms with E-state index in [1.54, 1.807) is 12.3 Å². The molecule has 0 bridgehead atoms. The normalized spacial score (nSPS) is 20.6. The van der Waals surface area contributed by atoms with Crippen LogP contribution in [0.25, 0.3) is 0 Å². The average molecular weight is 229 g/mol. The van der Waals surface area contributed by atoms with Gasteiger partial charge in [-0.15, -0.1) is 0 Å². The van der Waals surface area contributed by atoms with Crippen LogP contribution in [0, 0.1) is 0 Å². The first-order valence-electron chi connectivity index (χ1n) is 4.53. The fourth-order valence-electron chi connectivity index (χ4n) is 1.49. The minimum absolute atomic E-state index is 0.120. The third-order valence-corrected chi connectivity index (χ3v) is 2.99. The summed E-state index contributed by atoms with van der Waals surface area (Å²) in [7, 11) is 0. The molecule has 0 amide bonds. The van der Waals surface area contributed by atoms with Crippen LogP contribution >= 0.6 is 23.2 Å². The lowest BCUT2D eigenvalue weighted by molar-refractivity contribution is 0.125. The van der Waals surface area contributed by atoms with Crippen molar-refractivity contribution in [3.63, 3.8) is 0 Å². The van der Waals surface area contributed by atoms with E-state index in [4.69, 9.17) is 27.9 Å². The highest BCUT2D eigenvalue weighted by Crippen LogP contribution is 2.31. The van der Waals surface area contributed by atoms with Gasteiger partial charge in [0.25, 0.3) is 0 Å². The molecule has 1 aromatic rings. The molecular formula is C11H10Cl2O. The molecule has 2 rings (SSSR count). The van der Waals surface area contributed by atoms with Gasteiger partial charge in [0.2, 0.25) is 0 Å². The molecule has 1 aromatic carbocycles. The number of halogens is 2. The molecule has 3 heteroatoms. The highest BCUT2D eigenvalue weighted by atomic mass is 35.5. The molecule has 0 saturated carbocycles. The van der Waals surface area contributed by atoms with Crippen molar-refractivity contribution < 1.29 is 4.74 Å². The molecule has 74 valence electrons. The van der Waals surface area contributed by atoms with Gasteiger partial charge in [0.1, 0.15) is 6.10 Å². The van der Waals surface area contributed by atoms with Gasteiger partial charge < -0.3 is 4.74 Å². The van der Waals surface area contributed by atoms with Crippen LogP contribution in [0.4, 0.5) is 0 Å². The van der Waals surface area contributed by atoms with Crippen molar-refractivity contribution in [3.8, 4) is 0 Å². The Morgan fingerprint density at radius 1 is 1.21 bits per heavy atom. The number of hydrogen-bond acceptors (Lipinski definition) is 1. The lowest BCUT2D eigenvalue weighted by atomic mass is 10.0. The van der Waals surface area contributed by atoms with E-state index in [1.165, 1.54) is 0 Å². The zero-order chi connectivity index (χ0) is 9.97. The molecule has 1 heterocycles. The smallest absolute Gasteiger partial charge is 0.123 e. The molecule has 1 aliphatic heterocycles.